The predicted octanol–water partition coefficient (Wildman–Crippen LogP) is 2.82. The van der Waals surface area contributed by atoms with Crippen LogP contribution in [0.15, 0.2) is 35.3 Å². The third-order valence-electron chi connectivity index (χ3n) is 4.62. The van der Waals surface area contributed by atoms with E-state index in [0.717, 1.165) is 64.6 Å². The minimum atomic E-state index is 0. The van der Waals surface area contributed by atoms with Crippen LogP contribution in [0.4, 0.5) is 0 Å². The molecule has 0 aromatic heterocycles. The van der Waals surface area contributed by atoms with Crippen LogP contribution in [0.2, 0.25) is 0 Å². The smallest absolute Gasteiger partial charge is 0.222 e. The van der Waals surface area contributed by atoms with Crippen molar-refractivity contribution in [2.45, 2.75) is 45.6 Å². The highest BCUT2D eigenvalue weighted by Gasteiger charge is 2.25. The predicted molar refractivity (Wildman–Crippen MR) is 125 cm³/mol. The normalized spacial score (nSPS) is 16.6. The average Bonchev–Trinajstić information content (AvgIpc) is 3.16. The lowest BCUT2D eigenvalue weighted by molar-refractivity contribution is -0.129. The van der Waals surface area contributed by atoms with Gasteiger partial charge in [-0.3, -0.25) is 9.79 Å². The van der Waals surface area contributed by atoms with Gasteiger partial charge in [-0.15, -0.1) is 24.0 Å². The molecular formula is C21H35IN4O2. The average molecular weight is 502 g/mol. The maximum Gasteiger partial charge on any atom is 0.222 e. The van der Waals surface area contributed by atoms with Crippen LogP contribution in [0.1, 0.15) is 38.7 Å². The van der Waals surface area contributed by atoms with E-state index in [9.17, 15) is 4.79 Å². The van der Waals surface area contributed by atoms with Gasteiger partial charge >= 0.3 is 0 Å². The van der Waals surface area contributed by atoms with Crippen LogP contribution in [0, 0.1) is 0 Å². The summed E-state index contributed by atoms with van der Waals surface area (Å²) in [5.41, 5.74) is 1.31. The Morgan fingerprint density at radius 3 is 2.75 bits per heavy atom. The zero-order valence-electron chi connectivity index (χ0n) is 17.2. The van der Waals surface area contributed by atoms with Gasteiger partial charge in [0.1, 0.15) is 0 Å². The minimum absolute atomic E-state index is 0. The number of nitrogens with one attached hydrogen (secondary N) is 2. The van der Waals surface area contributed by atoms with E-state index >= 15 is 0 Å². The number of ether oxygens (including phenoxy) is 1. The first-order valence-electron chi connectivity index (χ1n) is 10.2. The minimum Gasteiger partial charge on any atom is -0.381 e. The molecule has 1 heterocycles. The van der Waals surface area contributed by atoms with Crippen molar-refractivity contribution in [3.05, 3.63) is 35.9 Å². The van der Waals surface area contributed by atoms with Crippen molar-refractivity contribution >= 4 is 35.8 Å². The third-order valence-corrected chi connectivity index (χ3v) is 4.62. The second-order valence-electron chi connectivity index (χ2n) is 6.79. The number of hydrogen-bond acceptors (Lipinski definition) is 3. The number of benzene rings is 1. The summed E-state index contributed by atoms with van der Waals surface area (Å²) in [5, 5.41) is 6.74. The molecule has 2 rings (SSSR count). The molecule has 1 unspecified atom stereocenters. The lowest BCUT2D eigenvalue weighted by Gasteiger charge is -2.18. The van der Waals surface area contributed by atoms with Crippen LogP contribution in [-0.2, 0) is 16.0 Å². The van der Waals surface area contributed by atoms with Crippen molar-refractivity contribution in [1.82, 2.24) is 15.5 Å². The largest absolute Gasteiger partial charge is 0.381 e. The quantitative estimate of drug-likeness (QED) is 0.224. The van der Waals surface area contributed by atoms with Crippen LogP contribution in [-0.4, -0.2) is 62.2 Å². The highest BCUT2D eigenvalue weighted by atomic mass is 127. The number of halogens is 1. The number of nitrogens with zero attached hydrogens (tertiary/aromatic N) is 2. The number of amides is 1. The number of hydrogen-bond donors (Lipinski definition) is 2. The Hall–Kier alpha value is -1.35. The molecule has 1 aliphatic rings. The Morgan fingerprint density at radius 1 is 1.25 bits per heavy atom. The molecule has 0 aliphatic carbocycles. The van der Waals surface area contributed by atoms with Gasteiger partial charge in [0.25, 0.3) is 0 Å². The molecule has 0 spiro atoms. The molecule has 0 radical (unpaired) electrons. The fraction of sp³-hybridized carbons (Fsp3) is 0.619. The van der Waals surface area contributed by atoms with Gasteiger partial charge in [0, 0.05) is 45.2 Å². The van der Waals surface area contributed by atoms with Crippen molar-refractivity contribution in [3.63, 3.8) is 0 Å². The number of guanidine groups is 1. The second-order valence-corrected chi connectivity index (χ2v) is 6.79. The zero-order chi connectivity index (χ0) is 19.3. The van der Waals surface area contributed by atoms with E-state index in [1.54, 1.807) is 0 Å². The molecule has 2 N–H and O–H groups in total. The number of likely N-dealkylation sites (tertiary alicyclic amines) is 1. The summed E-state index contributed by atoms with van der Waals surface area (Å²) in [6.07, 6.45) is 3.39. The van der Waals surface area contributed by atoms with Crippen molar-refractivity contribution < 1.29 is 9.53 Å². The first-order chi connectivity index (χ1) is 13.2. The molecule has 1 aromatic carbocycles. The van der Waals surface area contributed by atoms with E-state index in [-0.39, 0.29) is 35.9 Å². The van der Waals surface area contributed by atoms with Crippen LogP contribution < -0.4 is 10.6 Å². The van der Waals surface area contributed by atoms with Gasteiger partial charge in [0.05, 0.1) is 6.61 Å². The van der Waals surface area contributed by atoms with E-state index < -0.39 is 0 Å². The molecule has 1 saturated heterocycles. The monoisotopic (exact) mass is 502 g/mol. The summed E-state index contributed by atoms with van der Waals surface area (Å²) >= 11 is 0. The van der Waals surface area contributed by atoms with E-state index in [1.807, 2.05) is 17.9 Å². The lowest BCUT2D eigenvalue weighted by Crippen LogP contribution is -2.45. The maximum atomic E-state index is 11.8. The molecule has 1 atom stereocenters. The molecule has 0 bridgehead atoms. The molecular weight excluding hydrogens is 467 g/mol. The summed E-state index contributed by atoms with van der Waals surface area (Å²) < 4.78 is 5.71. The van der Waals surface area contributed by atoms with Crippen LogP contribution in [0.3, 0.4) is 0 Å². The summed E-state index contributed by atoms with van der Waals surface area (Å²) in [6, 6.07) is 10.7. The Labute approximate surface area is 186 Å². The zero-order valence-corrected chi connectivity index (χ0v) is 19.5. The van der Waals surface area contributed by atoms with Gasteiger partial charge in [-0.25, -0.2) is 0 Å². The van der Waals surface area contributed by atoms with Crippen LogP contribution in [0.25, 0.3) is 0 Å². The van der Waals surface area contributed by atoms with Gasteiger partial charge in [0.2, 0.25) is 5.91 Å². The van der Waals surface area contributed by atoms with E-state index in [2.05, 4.69) is 46.8 Å². The lowest BCUT2D eigenvalue weighted by atomic mass is 10.2. The molecule has 1 amide bonds. The van der Waals surface area contributed by atoms with E-state index in [0.29, 0.717) is 6.42 Å². The van der Waals surface area contributed by atoms with Crippen molar-refractivity contribution in [2.75, 3.05) is 39.4 Å². The number of carbonyl (C=O) groups is 1. The highest BCUT2D eigenvalue weighted by Crippen LogP contribution is 2.10. The fourth-order valence-electron chi connectivity index (χ4n) is 3.14. The molecule has 6 nitrogen and oxygen atoms in total. The maximum absolute atomic E-state index is 11.8. The van der Waals surface area contributed by atoms with Crippen LogP contribution >= 0.6 is 24.0 Å². The molecule has 1 aromatic rings. The van der Waals surface area contributed by atoms with Crippen molar-refractivity contribution in [1.29, 1.82) is 0 Å². The third kappa shape index (κ3) is 9.23. The van der Waals surface area contributed by atoms with Gasteiger partial charge in [-0.05, 0) is 31.7 Å². The van der Waals surface area contributed by atoms with Gasteiger partial charge in [-0.1, -0.05) is 37.3 Å². The SMILES string of the molecule is CCNC(=NCCCOCCc1ccccc1)NC1CCN(C(=O)CC)C1.I. The Kier molecular flexibility index (Phi) is 12.9. The Bertz CT molecular complexity index is 583. The first kappa shape index (κ1) is 24.7. The van der Waals surface area contributed by atoms with Crippen molar-refractivity contribution in [3.8, 4) is 0 Å². The summed E-state index contributed by atoms with van der Waals surface area (Å²) in [5.74, 6) is 1.06. The van der Waals surface area contributed by atoms with Gasteiger partial charge in [0.15, 0.2) is 5.96 Å². The molecule has 1 aliphatic heterocycles. The summed E-state index contributed by atoms with van der Waals surface area (Å²) in [6.45, 7) is 8.59. The van der Waals surface area contributed by atoms with E-state index in [1.165, 1.54) is 5.56 Å². The van der Waals surface area contributed by atoms with Crippen molar-refractivity contribution in [2.24, 2.45) is 4.99 Å². The Morgan fingerprint density at radius 2 is 2.04 bits per heavy atom. The molecule has 7 heteroatoms. The van der Waals surface area contributed by atoms with Gasteiger partial charge in [-0.2, -0.15) is 0 Å². The fourth-order valence-corrected chi connectivity index (χ4v) is 3.14. The van der Waals surface area contributed by atoms with Gasteiger partial charge < -0.3 is 20.3 Å². The molecule has 0 saturated carbocycles. The highest BCUT2D eigenvalue weighted by molar-refractivity contribution is 14.0. The number of aliphatic imine (C=N–C) groups is 1. The second kappa shape index (κ2) is 14.6. The topological polar surface area (TPSA) is 66.0 Å². The molecule has 158 valence electrons. The summed E-state index contributed by atoms with van der Waals surface area (Å²) in [4.78, 5) is 18.4. The number of rotatable bonds is 10. The molecule has 1 fully saturated rings. The van der Waals surface area contributed by atoms with Crippen LogP contribution in [0.5, 0.6) is 0 Å². The Balaban J connectivity index is 0.00000392. The van der Waals surface area contributed by atoms with E-state index in [4.69, 9.17) is 4.74 Å². The standard InChI is InChI=1S/C21H34N4O2.HI/c1-3-20(26)25-14-11-19(17-25)24-21(22-4-2)23-13-8-15-27-16-12-18-9-6-5-7-10-18;/h5-7,9-10,19H,3-4,8,11-17H2,1-2H3,(H2,22,23,24);1H. The number of carbonyl (C=O) groups excluding carboxylic acids is 1. The first-order valence-corrected chi connectivity index (χ1v) is 10.2. The molecule has 28 heavy (non-hydrogen) atoms. The summed E-state index contributed by atoms with van der Waals surface area (Å²) in [7, 11) is 0.